The molecule has 3 amide bonds. The van der Waals surface area contributed by atoms with Crippen LogP contribution >= 0.6 is 11.3 Å². The van der Waals surface area contributed by atoms with Crippen LogP contribution in [-0.2, 0) is 16.1 Å². The highest BCUT2D eigenvalue weighted by Gasteiger charge is 2.43. The van der Waals surface area contributed by atoms with Crippen molar-refractivity contribution in [2.24, 2.45) is 0 Å². The topological polar surface area (TPSA) is 104 Å². The lowest BCUT2D eigenvalue weighted by Crippen LogP contribution is -2.58. The Morgan fingerprint density at radius 1 is 1.31 bits per heavy atom. The predicted octanol–water partition coefficient (Wildman–Crippen LogP) is 1.11. The van der Waals surface area contributed by atoms with Gasteiger partial charge in [0.2, 0.25) is 11.8 Å². The fourth-order valence-electron chi connectivity index (χ4n) is 4.00. The van der Waals surface area contributed by atoms with Crippen LogP contribution in [0.5, 0.6) is 0 Å². The molecule has 3 atom stereocenters. The first kappa shape index (κ1) is 19.7. The first-order valence-corrected chi connectivity index (χ1v) is 10.6. The fourth-order valence-corrected chi connectivity index (χ4v) is 4.64. The van der Waals surface area contributed by atoms with Crippen LogP contribution in [0, 0.1) is 0 Å². The summed E-state index contributed by atoms with van der Waals surface area (Å²) in [6, 6.07) is 6.91. The fraction of sp³-hybridized carbons (Fsp3) is 0.450. The van der Waals surface area contributed by atoms with Crippen molar-refractivity contribution >= 4 is 29.1 Å². The van der Waals surface area contributed by atoms with Gasteiger partial charge in [0, 0.05) is 36.5 Å². The minimum absolute atomic E-state index is 0.00807. The molecule has 0 aliphatic carbocycles. The third kappa shape index (κ3) is 4.68. The van der Waals surface area contributed by atoms with E-state index in [9.17, 15) is 14.4 Å². The van der Waals surface area contributed by atoms with Crippen molar-refractivity contribution in [3.63, 3.8) is 0 Å². The molecule has 2 aliphatic rings. The molecular weight excluding hydrogens is 392 g/mol. The van der Waals surface area contributed by atoms with Crippen molar-refractivity contribution in [3.05, 3.63) is 46.5 Å². The number of piperazine rings is 1. The molecule has 2 aliphatic heterocycles. The highest BCUT2D eigenvalue weighted by atomic mass is 32.1. The highest BCUT2D eigenvalue weighted by molar-refractivity contribution is 7.09. The number of furan rings is 1. The van der Waals surface area contributed by atoms with E-state index in [4.69, 9.17) is 4.42 Å². The van der Waals surface area contributed by atoms with Gasteiger partial charge in [0.05, 0.1) is 18.8 Å². The molecule has 2 saturated heterocycles. The third-order valence-electron chi connectivity index (χ3n) is 5.45. The molecule has 29 heavy (non-hydrogen) atoms. The van der Waals surface area contributed by atoms with Crippen molar-refractivity contribution in [1.29, 1.82) is 0 Å². The molecule has 2 fully saturated rings. The second-order valence-electron chi connectivity index (χ2n) is 7.39. The van der Waals surface area contributed by atoms with Gasteiger partial charge in [0.15, 0.2) is 5.76 Å². The Bertz CT molecular complexity index is 852. The van der Waals surface area contributed by atoms with Crippen LogP contribution in [0.25, 0.3) is 0 Å². The summed E-state index contributed by atoms with van der Waals surface area (Å²) in [6.45, 7) is 1.66. The maximum atomic E-state index is 12.3. The van der Waals surface area contributed by atoms with E-state index < -0.39 is 0 Å². The van der Waals surface area contributed by atoms with Gasteiger partial charge in [-0.05, 0) is 36.4 Å². The Hall–Kier alpha value is -2.65. The summed E-state index contributed by atoms with van der Waals surface area (Å²) in [6.07, 6.45) is 3.07. The van der Waals surface area contributed by atoms with Crippen molar-refractivity contribution in [3.8, 4) is 0 Å². The Morgan fingerprint density at radius 2 is 2.21 bits per heavy atom. The van der Waals surface area contributed by atoms with E-state index in [0.717, 1.165) is 4.88 Å². The number of carbonyl (C=O) groups excluding carboxylic acids is 3. The van der Waals surface area contributed by atoms with Crippen LogP contribution in [0.1, 0.15) is 34.7 Å². The van der Waals surface area contributed by atoms with E-state index in [1.807, 2.05) is 17.5 Å². The van der Waals surface area contributed by atoms with E-state index in [1.54, 1.807) is 23.5 Å². The lowest BCUT2D eigenvalue weighted by Gasteiger charge is -2.37. The zero-order valence-electron chi connectivity index (χ0n) is 15.9. The van der Waals surface area contributed by atoms with Crippen LogP contribution in [0.3, 0.4) is 0 Å². The average Bonchev–Trinajstić information content (AvgIpc) is 3.47. The second kappa shape index (κ2) is 8.79. The Balaban J connectivity index is 1.29. The zero-order valence-corrected chi connectivity index (χ0v) is 16.7. The van der Waals surface area contributed by atoms with Crippen molar-refractivity contribution in [1.82, 2.24) is 20.9 Å². The minimum Gasteiger partial charge on any atom is -0.459 e. The van der Waals surface area contributed by atoms with Gasteiger partial charge in [-0.2, -0.15) is 0 Å². The van der Waals surface area contributed by atoms with E-state index in [-0.39, 0.29) is 41.6 Å². The molecule has 154 valence electrons. The smallest absolute Gasteiger partial charge is 0.287 e. The van der Waals surface area contributed by atoms with Crippen LogP contribution in [0.2, 0.25) is 0 Å². The van der Waals surface area contributed by atoms with Gasteiger partial charge in [0.1, 0.15) is 0 Å². The molecule has 8 nitrogen and oxygen atoms in total. The molecule has 0 unspecified atom stereocenters. The molecule has 0 radical (unpaired) electrons. The number of rotatable bonds is 7. The van der Waals surface area contributed by atoms with Gasteiger partial charge in [-0.3, -0.25) is 19.3 Å². The van der Waals surface area contributed by atoms with E-state index >= 15 is 0 Å². The van der Waals surface area contributed by atoms with E-state index in [0.29, 0.717) is 38.9 Å². The zero-order chi connectivity index (χ0) is 20.2. The first-order chi connectivity index (χ1) is 14.1. The van der Waals surface area contributed by atoms with Crippen molar-refractivity contribution in [2.75, 3.05) is 13.1 Å². The average molecular weight is 417 g/mol. The molecule has 0 spiro atoms. The van der Waals surface area contributed by atoms with Crippen LogP contribution < -0.4 is 16.0 Å². The molecule has 4 rings (SSSR count). The molecule has 2 aromatic rings. The quantitative estimate of drug-likeness (QED) is 0.627. The first-order valence-electron chi connectivity index (χ1n) is 9.77. The van der Waals surface area contributed by atoms with Gasteiger partial charge >= 0.3 is 0 Å². The Morgan fingerprint density at radius 3 is 2.97 bits per heavy atom. The lowest BCUT2D eigenvalue weighted by molar-refractivity contribution is -0.129. The number of fused-ring (bicyclic) bond motifs is 1. The highest BCUT2D eigenvalue weighted by Crippen LogP contribution is 2.26. The summed E-state index contributed by atoms with van der Waals surface area (Å²) in [5, 5.41) is 10.8. The summed E-state index contributed by atoms with van der Waals surface area (Å²) < 4.78 is 5.13. The Labute approximate surface area is 172 Å². The normalized spacial score (nSPS) is 24.0. The summed E-state index contributed by atoms with van der Waals surface area (Å²) >= 11 is 1.62. The minimum atomic E-state index is -0.273. The van der Waals surface area contributed by atoms with Gasteiger partial charge in [-0.1, -0.05) is 6.07 Å². The van der Waals surface area contributed by atoms with E-state index in [1.165, 1.54) is 6.26 Å². The molecule has 0 bridgehead atoms. The predicted molar refractivity (Wildman–Crippen MR) is 107 cm³/mol. The van der Waals surface area contributed by atoms with Crippen molar-refractivity contribution < 1.29 is 18.8 Å². The van der Waals surface area contributed by atoms with Gasteiger partial charge in [-0.15, -0.1) is 11.3 Å². The van der Waals surface area contributed by atoms with Gasteiger partial charge < -0.3 is 20.4 Å². The van der Waals surface area contributed by atoms with Crippen LogP contribution in [-0.4, -0.2) is 53.8 Å². The lowest BCUT2D eigenvalue weighted by atomic mass is 10.0. The largest absolute Gasteiger partial charge is 0.459 e. The molecule has 2 aromatic heterocycles. The maximum Gasteiger partial charge on any atom is 0.287 e. The summed E-state index contributed by atoms with van der Waals surface area (Å²) in [5.74, 6) is -0.0186. The monoisotopic (exact) mass is 416 g/mol. The third-order valence-corrected chi connectivity index (χ3v) is 6.32. The van der Waals surface area contributed by atoms with E-state index in [2.05, 4.69) is 20.9 Å². The van der Waals surface area contributed by atoms with Crippen molar-refractivity contribution in [2.45, 2.75) is 43.9 Å². The summed E-state index contributed by atoms with van der Waals surface area (Å²) in [7, 11) is 0. The number of hydrogen-bond donors (Lipinski definition) is 3. The summed E-state index contributed by atoms with van der Waals surface area (Å²) in [5.41, 5.74) is 0. The number of nitrogens with zero attached hydrogens (tertiary/aromatic N) is 1. The molecule has 3 N–H and O–H groups in total. The standard InChI is InChI=1S/C20H24N4O4S/c25-18(21-11-15-3-2-8-29-15)6-5-14-10-22-19(26)16-9-13(12-24(14)16)23-20(27)17-4-1-7-28-17/h1-4,7-8,13-14,16H,5-6,9-12H2,(H,21,25)(H,22,26)(H,23,27)/t13-,14+,16-/m0/s1. The number of thiophene rings is 1. The second-order valence-corrected chi connectivity index (χ2v) is 8.42. The van der Waals surface area contributed by atoms with Gasteiger partial charge in [0.25, 0.3) is 5.91 Å². The molecular formula is C20H24N4O4S. The number of carbonyl (C=O) groups is 3. The molecule has 0 aromatic carbocycles. The number of nitrogens with one attached hydrogen (secondary N) is 3. The Kier molecular flexibility index (Phi) is 5.96. The van der Waals surface area contributed by atoms with Gasteiger partial charge in [-0.25, -0.2) is 0 Å². The van der Waals surface area contributed by atoms with Crippen LogP contribution in [0.15, 0.2) is 40.3 Å². The maximum absolute atomic E-state index is 12.3. The summed E-state index contributed by atoms with van der Waals surface area (Å²) in [4.78, 5) is 40.0. The molecule has 0 saturated carbocycles. The molecule has 4 heterocycles. The molecule has 9 heteroatoms. The number of hydrogen-bond acceptors (Lipinski definition) is 6. The number of amides is 3. The SMILES string of the molecule is O=C(CC[C@@H]1CNC(=O)[C@@H]2C[C@H](NC(=O)c3ccco3)CN12)NCc1cccs1. The van der Waals surface area contributed by atoms with Crippen LogP contribution in [0.4, 0.5) is 0 Å².